The molecule has 1 atom stereocenters. The summed E-state index contributed by atoms with van der Waals surface area (Å²) in [6.07, 6.45) is 1.82. The molecule has 128 valence electrons. The van der Waals surface area contributed by atoms with Gasteiger partial charge in [0.25, 0.3) is 0 Å². The van der Waals surface area contributed by atoms with Gasteiger partial charge in [-0.3, -0.25) is 0 Å². The third-order valence-electron chi connectivity index (χ3n) is 4.31. The molecule has 0 spiro atoms. The van der Waals surface area contributed by atoms with Gasteiger partial charge in [0.2, 0.25) is 10.0 Å². The topological polar surface area (TPSA) is 78.5 Å². The Hall–Kier alpha value is -1.60. The summed E-state index contributed by atoms with van der Waals surface area (Å²) in [5, 5.41) is 5.80. The number of sulfonamides is 1. The fourth-order valence-electron chi connectivity index (χ4n) is 2.52. The molecule has 1 heterocycles. The van der Waals surface area contributed by atoms with E-state index in [0.717, 1.165) is 16.8 Å². The number of urea groups is 1. The van der Waals surface area contributed by atoms with Gasteiger partial charge in [0.15, 0.2) is 0 Å². The van der Waals surface area contributed by atoms with Crippen molar-refractivity contribution in [3.63, 3.8) is 0 Å². The van der Waals surface area contributed by atoms with Crippen LogP contribution in [-0.2, 0) is 23.0 Å². The molecule has 7 heteroatoms. The maximum Gasteiger partial charge on any atom is 0.319 e. The van der Waals surface area contributed by atoms with Gasteiger partial charge in [0.1, 0.15) is 0 Å². The van der Waals surface area contributed by atoms with Gasteiger partial charge in [-0.25, -0.2) is 13.2 Å². The molecule has 0 saturated heterocycles. The standard InChI is InChI=1S/C16H25N3O3S/c1-11(2)12(3)17-16(20)18-15-7-5-6-13-10-19(23(4,21)22)9-8-14(13)15/h5-7,11-12H,8-10H2,1-4H3,(H2,17,18,20)/t12-/m0/s1. The van der Waals surface area contributed by atoms with E-state index in [-0.39, 0.29) is 12.1 Å². The zero-order valence-electron chi connectivity index (χ0n) is 14.1. The van der Waals surface area contributed by atoms with Crippen LogP contribution >= 0.6 is 0 Å². The van der Waals surface area contributed by atoms with Crippen molar-refractivity contribution >= 4 is 21.7 Å². The van der Waals surface area contributed by atoms with Crippen LogP contribution in [0.4, 0.5) is 10.5 Å². The highest BCUT2D eigenvalue weighted by molar-refractivity contribution is 7.88. The Morgan fingerprint density at radius 2 is 1.96 bits per heavy atom. The number of nitrogens with one attached hydrogen (secondary N) is 2. The molecule has 0 saturated carbocycles. The van der Waals surface area contributed by atoms with Crippen LogP contribution in [0.2, 0.25) is 0 Å². The van der Waals surface area contributed by atoms with Gasteiger partial charge in [0.05, 0.1) is 6.26 Å². The lowest BCUT2D eigenvalue weighted by atomic mass is 9.99. The van der Waals surface area contributed by atoms with Crippen molar-refractivity contribution in [1.29, 1.82) is 0 Å². The van der Waals surface area contributed by atoms with E-state index in [1.165, 1.54) is 10.6 Å². The molecule has 0 aromatic heterocycles. The molecular formula is C16H25N3O3S. The Labute approximate surface area is 138 Å². The smallest absolute Gasteiger partial charge is 0.319 e. The van der Waals surface area contributed by atoms with E-state index < -0.39 is 10.0 Å². The number of hydrogen-bond donors (Lipinski definition) is 2. The Morgan fingerprint density at radius 3 is 2.57 bits per heavy atom. The number of fused-ring (bicyclic) bond motifs is 1. The minimum atomic E-state index is -3.20. The monoisotopic (exact) mass is 339 g/mol. The molecule has 2 rings (SSSR count). The summed E-state index contributed by atoms with van der Waals surface area (Å²) in [5.41, 5.74) is 2.71. The lowest BCUT2D eigenvalue weighted by Crippen LogP contribution is -2.39. The third-order valence-corrected chi connectivity index (χ3v) is 5.56. The number of hydrogen-bond acceptors (Lipinski definition) is 3. The predicted molar refractivity (Wildman–Crippen MR) is 91.9 cm³/mol. The highest BCUT2D eigenvalue weighted by atomic mass is 32.2. The van der Waals surface area contributed by atoms with Gasteiger partial charge >= 0.3 is 6.03 Å². The molecule has 23 heavy (non-hydrogen) atoms. The van der Waals surface area contributed by atoms with Crippen LogP contribution in [0.1, 0.15) is 31.9 Å². The first kappa shape index (κ1) is 17.7. The normalized spacial score (nSPS) is 16.7. The number of nitrogens with zero attached hydrogens (tertiary/aromatic N) is 1. The van der Waals surface area contributed by atoms with Crippen LogP contribution in [0, 0.1) is 5.92 Å². The van der Waals surface area contributed by atoms with Crippen molar-refractivity contribution in [1.82, 2.24) is 9.62 Å². The summed E-state index contributed by atoms with van der Waals surface area (Å²) in [6.45, 7) is 6.86. The molecule has 6 nitrogen and oxygen atoms in total. The van der Waals surface area contributed by atoms with Crippen LogP contribution in [0.25, 0.3) is 0 Å². The van der Waals surface area contributed by atoms with E-state index in [2.05, 4.69) is 24.5 Å². The number of carbonyl (C=O) groups is 1. The largest absolute Gasteiger partial charge is 0.335 e. The van der Waals surface area contributed by atoms with Crippen LogP contribution in [0.5, 0.6) is 0 Å². The fourth-order valence-corrected chi connectivity index (χ4v) is 3.31. The summed E-state index contributed by atoms with van der Waals surface area (Å²) < 4.78 is 24.8. The summed E-state index contributed by atoms with van der Waals surface area (Å²) >= 11 is 0. The summed E-state index contributed by atoms with van der Waals surface area (Å²) in [7, 11) is -3.20. The maximum absolute atomic E-state index is 12.1. The lowest BCUT2D eigenvalue weighted by Gasteiger charge is -2.28. The van der Waals surface area contributed by atoms with Crippen LogP contribution < -0.4 is 10.6 Å². The van der Waals surface area contributed by atoms with E-state index in [1.54, 1.807) is 0 Å². The molecule has 0 fully saturated rings. The van der Waals surface area contributed by atoms with Gasteiger partial charge in [-0.15, -0.1) is 0 Å². The van der Waals surface area contributed by atoms with E-state index in [9.17, 15) is 13.2 Å². The van der Waals surface area contributed by atoms with E-state index in [0.29, 0.717) is 25.4 Å². The molecule has 1 aromatic carbocycles. The van der Waals surface area contributed by atoms with Gasteiger partial charge in [0, 0.05) is 24.8 Å². The van der Waals surface area contributed by atoms with E-state index in [4.69, 9.17) is 0 Å². The van der Waals surface area contributed by atoms with Crippen molar-refractivity contribution in [3.05, 3.63) is 29.3 Å². The Morgan fingerprint density at radius 1 is 1.26 bits per heavy atom. The second-order valence-electron chi connectivity index (χ2n) is 6.42. The van der Waals surface area contributed by atoms with Crippen LogP contribution in [0.15, 0.2) is 18.2 Å². The van der Waals surface area contributed by atoms with Crippen molar-refractivity contribution in [3.8, 4) is 0 Å². The molecule has 0 bridgehead atoms. The van der Waals surface area contributed by atoms with Gasteiger partial charge in [-0.05, 0) is 36.5 Å². The second kappa shape index (κ2) is 6.88. The first-order chi connectivity index (χ1) is 10.7. The number of carbonyl (C=O) groups excluding carboxylic acids is 1. The first-order valence-corrected chi connectivity index (χ1v) is 9.66. The van der Waals surface area contributed by atoms with Crippen LogP contribution in [0.3, 0.4) is 0 Å². The highest BCUT2D eigenvalue weighted by Gasteiger charge is 2.25. The van der Waals surface area contributed by atoms with E-state index in [1.807, 2.05) is 25.1 Å². The summed E-state index contributed by atoms with van der Waals surface area (Å²) in [5.74, 6) is 0.355. The van der Waals surface area contributed by atoms with E-state index >= 15 is 0 Å². The quantitative estimate of drug-likeness (QED) is 0.882. The summed E-state index contributed by atoms with van der Waals surface area (Å²) in [4.78, 5) is 12.1. The maximum atomic E-state index is 12.1. The second-order valence-corrected chi connectivity index (χ2v) is 8.40. The molecule has 0 unspecified atom stereocenters. The number of benzene rings is 1. The fraction of sp³-hybridized carbons (Fsp3) is 0.562. The minimum Gasteiger partial charge on any atom is -0.335 e. The third kappa shape index (κ3) is 4.45. The Kier molecular flexibility index (Phi) is 5.31. The first-order valence-electron chi connectivity index (χ1n) is 7.82. The Balaban J connectivity index is 2.13. The molecular weight excluding hydrogens is 314 g/mol. The van der Waals surface area contributed by atoms with Crippen molar-refractivity contribution in [2.24, 2.45) is 5.92 Å². The van der Waals surface area contributed by atoms with Gasteiger partial charge in [-0.1, -0.05) is 26.0 Å². The minimum absolute atomic E-state index is 0.0789. The molecule has 1 aromatic rings. The summed E-state index contributed by atoms with van der Waals surface area (Å²) in [6, 6.07) is 5.45. The molecule has 0 aliphatic carbocycles. The zero-order valence-corrected chi connectivity index (χ0v) is 14.9. The lowest BCUT2D eigenvalue weighted by molar-refractivity contribution is 0.246. The zero-order chi connectivity index (χ0) is 17.2. The number of amides is 2. The predicted octanol–water partition coefficient (Wildman–Crippen LogP) is 2.17. The number of anilines is 1. The van der Waals surface area contributed by atoms with Gasteiger partial charge < -0.3 is 10.6 Å². The average Bonchev–Trinajstić information content (AvgIpc) is 2.45. The van der Waals surface area contributed by atoms with Crippen LogP contribution in [-0.4, -0.2) is 37.6 Å². The van der Waals surface area contributed by atoms with Crippen molar-refractivity contribution in [2.45, 2.75) is 39.8 Å². The number of rotatable bonds is 4. The Bertz CT molecular complexity index is 686. The molecule has 1 aliphatic heterocycles. The van der Waals surface area contributed by atoms with Gasteiger partial charge in [-0.2, -0.15) is 4.31 Å². The highest BCUT2D eigenvalue weighted by Crippen LogP contribution is 2.27. The molecule has 0 radical (unpaired) electrons. The molecule has 2 N–H and O–H groups in total. The van der Waals surface area contributed by atoms with Crippen molar-refractivity contribution in [2.75, 3.05) is 18.1 Å². The average molecular weight is 339 g/mol. The SMILES string of the molecule is CC(C)[C@H](C)NC(=O)Nc1cccc2c1CCN(S(C)(=O)=O)C2. The van der Waals surface area contributed by atoms with Crippen molar-refractivity contribution < 1.29 is 13.2 Å². The molecule has 1 aliphatic rings. The molecule has 2 amide bonds.